The van der Waals surface area contributed by atoms with Crippen molar-refractivity contribution in [2.75, 3.05) is 0 Å². The molecule has 0 aliphatic heterocycles. The number of nitrogens with two attached hydrogens (primary N) is 1. The van der Waals surface area contributed by atoms with Gasteiger partial charge in [0.25, 0.3) is 0 Å². The number of fused-ring (bicyclic) bond motifs is 1. The highest BCUT2D eigenvalue weighted by Crippen LogP contribution is 2.38. The zero-order valence-corrected chi connectivity index (χ0v) is 9.67. The first-order chi connectivity index (χ1) is 7.88. The molecule has 2 aromatic rings. The number of aryl methyl sites for hydroxylation is 1. The maximum absolute atomic E-state index is 5.48. The van der Waals surface area contributed by atoms with Gasteiger partial charge in [-0.3, -0.25) is 0 Å². The van der Waals surface area contributed by atoms with Crippen LogP contribution in [0.3, 0.4) is 0 Å². The SMILES string of the molecule is NCc1noc(C2CCCc3sccc32)n1. The molecule has 0 saturated heterocycles. The third kappa shape index (κ3) is 1.56. The van der Waals surface area contributed by atoms with Crippen molar-refractivity contribution in [1.82, 2.24) is 10.1 Å². The van der Waals surface area contributed by atoms with Gasteiger partial charge in [0.05, 0.1) is 12.5 Å². The summed E-state index contributed by atoms with van der Waals surface area (Å²) in [5.74, 6) is 1.60. The molecular weight excluding hydrogens is 222 g/mol. The third-order valence-electron chi connectivity index (χ3n) is 3.02. The summed E-state index contributed by atoms with van der Waals surface area (Å²) < 4.78 is 5.28. The van der Waals surface area contributed by atoms with Crippen molar-refractivity contribution in [2.24, 2.45) is 5.73 Å². The minimum absolute atomic E-state index is 0.280. The van der Waals surface area contributed by atoms with Gasteiger partial charge in [-0.25, -0.2) is 0 Å². The molecule has 2 aromatic heterocycles. The van der Waals surface area contributed by atoms with Crippen LogP contribution in [0.2, 0.25) is 0 Å². The highest BCUT2D eigenvalue weighted by Gasteiger charge is 2.27. The minimum atomic E-state index is 0.280. The molecule has 0 aromatic carbocycles. The van der Waals surface area contributed by atoms with Crippen LogP contribution in [-0.2, 0) is 13.0 Å². The van der Waals surface area contributed by atoms with E-state index in [2.05, 4.69) is 21.6 Å². The first kappa shape index (κ1) is 9.99. The number of hydrogen-bond acceptors (Lipinski definition) is 5. The van der Waals surface area contributed by atoms with E-state index in [1.54, 1.807) is 0 Å². The van der Waals surface area contributed by atoms with Gasteiger partial charge in [0.2, 0.25) is 5.89 Å². The molecular formula is C11H13N3OS. The number of thiophene rings is 1. The van der Waals surface area contributed by atoms with E-state index in [0.717, 1.165) is 12.3 Å². The zero-order valence-electron chi connectivity index (χ0n) is 8.85. The molecule has 0 amide bonds. The fourth-order valence-electron chi connectivity index (χ4n) is 2.23. The summed E-state index contributed by atoms with van der Waals surface area (Å²) in [6.07, 6.45) is 3.47. The van der Waals surface area contributed by atoms with Gasteiger partial charge in [-0.05, 0) is 36.3 Å². The van der Waals surface area contributed by atoms with Crippen molar-refractivity contribution < 1.29 is 4.52 Å². The lowest BCUT2D eigenvalue weighted by atomic mass is 9.88. The minimum Gasteiger partial charge on any atom is -0.339 e. The Hall–Kier alpha value is -1.20. The predicted octanol–water partition coefficient (Wildman–Crippen LogP) is 2.06. The molecule has 0 spiro atoms. The second-order valence-corrected chi connectivity index (χ2v) is 5.00. The average Bonchev–Trinajstić information content (AvgIpc) is 2.97. The van der Waals surface area contributed by atoms with Crippen LogP contribution in [0.15, 0.2) is 16.0 Å². The topological polar surface area (TPSA) is 64.9 Å². The smallest absolute Gasteiger partial charge is 0.234 e. The van der Waals surface area contributed by atoms with E-state index in [4.69, 9.17) is 10.3 Å². The molecule has 3 rings (SSSR count). The molecule has 1 unspecified atom stereocenters. The molecule has 4 nitrogen and oxygen atoms in total. The molecule has 84 valence electrons. The molecule has 1 aliphatic carbocycles. The quantitative estimate of drug-likeness (QED) is 0.865. The summed E-state index contributed by atoms with van der Waals surface area (Å²) in [6.45, 7) is 0.340. The lowest BCUT2D eigenvalue weighted by molar-refractivity contribution is 0.351. The summed E-state index contributed by atoms with van der Waals surface area (Å²) in [7, 11) is 0. The molecule has 0 saturated carbocycles. The van der Waals surface area contributed by atoms with Gasteiger partial charge in [-0.15, -0.1) is 11.3 Å². The molecule has 1 atom stereocenters. The second-order valence-electron chi connectivity index (χ2n) is 4.00. The third-order valence-corrected chi connectivity index (χ3v) is 4.01. The number of nitrogens with zero attached hydrogens (tertiary/aromatic N) is 2. The highest BCUT2D eigenvalue weighted by atomic mass is 32.1. The zero-order chi connectivity index (χ0) is 11.0. The summed E-state index contributed by atoms with van der Waals surface area (Å²) in [5.41, 5.74) is 6.85. The summed E-state index contributed by atoms with van der Waals surface area (Å²) in [5, 5.41) is 6.00. The molecule has 2 N–H and O–H groups in total. The monoisotopic (exact) mass is 235 g/mol. The second kappa shape index (κ2) is 3.99. The van der Waals surface area contributed by atoms with E-state index in [9.17, 15) is 0 Å². The Kier molecular flexibility index (Phi) is 2.49. The van der Waals surface area contributed by atoms with Gasteiger partial charge in [-0.2, -0.15) is 4.98 Å². The molecule has 0 bridgehead atoms. The lowest BCUT2D eigenvalue weighted by Gasteiger charge is -2.18. The Morgan fingerprint density at radius 2 is 2.50 bits per heavy atom. The highest BCUT2D eigenvalue weighted by molar-refractivity contribution is 7.10. The van der Waals surface area contributed by atoms with Gasteiger partial charge in [0.15, 0.2) is 5.82 Å². The summed E-state index contributed by atoms with van der Waals surface area (Å²) in [4.78, 5) is 5.79. The van der Waals surface area contributed by atoms with Crippen molar-refractivity contribution in [1.29, 1.82) is 0 Å². The first-order valence-corrected chi connectivity index (χ1v) is 6.35. The van der Waals surface area contributed by atoms with Crippen LogP contribution in [0.5, 0.6) is 0 Å². The predicted molar refractivity (Wildman–Crippen MR) is 61.3 cm³/mol. The van der Waals surface area contributed by atoms with Crippen molar-refractivity contribution in [3.63, 3.8) is 0 Å². The fraction of sp³-hybridized carbons (Fsp3) is 0.455. The van der Waals surface area contributed by atoms with E-state index >= 15 is 0 Å². The van der Waals surface area contributed by atoms with Crippen LogP contribution < -0.4 is 5.73 Å². The molecule has 2 heterocycles. The first-order valence-electron chi connectivity index (χ1n) is 5.47. The standard InChI is InChI=1S/C11H13N3OS/c12-6-10-13-11(15-14-10)8-2-1-3-9-7(8)4-5-16-9/h4-5,8H,1-3,6,12H2. The van der Waals surface area contributed by atoms with E-state index in [0.29, 0.717) is 12.4 Å². The van der Waals surface area contributed by atoms with Crippen molar-refractivity contribution in [3.05, 3.63) is 33.6 Å². The molecule has 0 fully saturated rings. The van der Waals surface area contributed by atoms with E-state index in [-0.39, 0.29) is 5.92 Å². The van der Waals surface area contributed by atoms with Crippen LogP contribution in [-0.4, -0.2) is 10.1 Å². The Morgan fingerprint density at radius 3 is 3.31 bits per heavy atom. The van der Waals surface area contributed by atoms with Gasteiger partial charge in [-0.1, -0.05) is 5.16 Å². The largest absolute Gasteiger partial charge is 0.339 e. The number of rotatable bonds is 2. The normalized spacial score (nSPS) is 19.7. The van der Waals surface area contributed by atoms with E-state index < -0.39 is 0 Å². The molecule has 5 heteroatoms. The van der Waals surface area contributed by atoms with Gasteiger partial charge >= 0.3 is 0 Å². The van der Waals surface area contributed by atoms with Crippen LogP contribution in [0.25, 0.3) is 0 Å². The molecule has 0 radical (unpaired) electrons. The van der Waals surface area contributed by atoms with Gasteiger partial charge in [0, 0.05) is 4.88 Å². The molecule has 1 aliphatic rings. The maximum Gasteiger partial charge on any atom is 0.234 e. The Labute approximate surface area is 97.5 Å². The van der Waals surface area contributed by atoms with Crippen LogP contribution in [0, 0.1) is 0 Å². The number of hydrogen-bond donors (Lipinski definition) is 1. The van der Waals surface area contributed by atoms with Crippen LogP contribution >= 0.6 is 11.3 Å². The van der Waals surface area contributed by atoms with E-state index in [1.165, 1.54) is 23.3 Å². The van der Waals surface area contributed by atoms with Gasteiger partial charge < -0.3 is 10.3 Å². The lowest BCUT2D eigenvalue weighted by Crippen LogP contribution is -2.09. The van der Waals surface area contributed by atoms with Crippen LogP contribution in [0.1, 0.15) is 40.9 Å². The Morgan fingerprint density at radius 1 is 1.56 bits per heavy atom. The van der Waals surface area contributed by atoms with Crippen molar-refractivity contribution in [3.8, 4) is 0 Å². The fourth-order valence-corrected chi connectivity index (χ4v) is 3.22. The average molecular weight is 235 g/mol. The molecule has 16 heavy (non-hydrogen) atoms. The van der Waals surface area contributed by atoms with E-state index in [1.807, 2.05) is 11.3 Å². The summed E-state index contributed by atoms with van der Waals surface area (Å²) in [6, 6.07) is 2.18. The maximum atomic E-state index is 5.48. The van der Waals surface area contributed by atoms with Gasteiger partial charge in [0.1, 0.15) is 0 Å². The Balaban J connectivity index is 1.97. The number of aromatic nitrogens is 2. The Bertz CT molecular complexity index is 491. The van der Waals surface area contributed by atoms with Crippen molar-refractivity contribution >= 4 is 11.3 Å². The summed E-state index contributed by atoms with van der Waals surface area (Å²) >= 11 is 1.82. The van der Waals surface area contributed by atoms with Crippen LogP contribution in [0.4, 0.5) is 0 Å². The van der Waals surface area contributed by atoms with Crippen molar-refractivity contribution in [2.45, 2.75) is 31.7 Å².